The molecule has 1 N–H and O–H groups in total. The zero-order valence-corrected chi connectivity index (χ0v) is 14.3. The summed E-state index contributed by atoms with van der Waals surface area (Å²) in [7, 11) is 0. The highest BCUT2D eigenvalue weighted by Gasteiger charge is 2.27. The van der Waals surface area contributed by atoms with Gasteiger partial charge in [-0.25, -0.2) is 0 Å². The fraction of sp³-hybridized carbons (Fsp3) is 0.471. The van der Waals surface area contributed by atoms with E-state index >= 15 is 0 Å². The monoisotopic (exact) mass is 322 g/mol. The third kappa shape index (κ3) is 2.73. The van der Waals surface area contributed by atoms with Crippen LogP contribution in [0.4, 0.5) is 0 Å². The van der Waals surface area contributed by atoms with Crippen LogP contribution in [0.2, 0.25) is 0 Å². The van der Waals surface area contributed by atoms with E-state index in [0.717, 1.165) is 47.3 Å². The Morgan fingerprint density at radius 1 is 1.27 bits per heavy atom. The molecule has 0 bridgehead atoms. The van der Waals surface area contributed by atoms with Crippen molar-refractivity contribution in [2.75, 3.05) is 19.6 Å². The highest BCUT2D eigenvalue weighted by atomic mass is 35.5. The molecule has 5 heteroatoms. The molecule has 1 saturated heterocycles. The molecule has 1 amide bonds. The van der Waals surface area contributed by atoms with Crippen LogP contribution in [-0.2, 0) is 0 Å². The number of halogens is 1. The molecule has 3 rings (SSSR count). The second-order valence-electron chi connectivity index (χ2n) is 6.07. The van der Waals surface area contributed by atoms with Gasteiger partial charge in [-0.3, -0.25) is 4.79 Å². The van der Waals surface area contributed by atoms with Crippen LogP contribution in [0.1, 0.15) is 34.2 Å². The van der Waals surface area contributed by atoms with Crippen LogP contribution in [0.3, 0.4) is 0 Å². The largest absolute Gasteiger partial charge is 0.450 e. The van der Waals surface area contributed by atoms with Gasteiger partial charge in [0.2, 0.25) is 0 Å². The second-order valence-corrected chi connectivity index (χ2v) is 6.07. The van der Waals surface area contributed by atoms with Gasteiger partial charge in [0.25, 0.3) is 5.91 Å². The molecule has 1 aromatic carbocycles. The van der Waals surface area contributed by atoms with E-state index < -0.39 is 0 Å². The van der Waals surface area contributed by atoms with Crippen LogP contribution in [0.5, 0.6) is 0 Å². The topological polar surface area (TPSA) is 45.5 Å². The van der Waals surface area contributed by atoms with Crippen molar-refractivity contribution in [2.45, 2.75) is 33.7 Å². The molecule has 1 atom stereocenters. The average molecular weight is 323 g/mol. The first kappa shape index (κ1) is 16.8. The molecule has 1 fully saturated rings. The molecule has 120 valence electrons. The van der Waals surface area contributed by atoms with Gasteiger partial charge in [0.1, 0.15) is 5.58 Å². The van der Waals surface area contributed by atoms with Crippen LogP contribution in [0, 0.1) is 20.8 Å². The first-order chi connectivity index (χ1) is 9.99. The summed E-state index contributed by atoms with van der Waals surface area (Å²) < 4.78 is 5.95. The summed E-state index contributed by atoms with van der Waals surface area (Å²) in [5, 5.41) is 4.44. The summed E-state index contributed by atoms with van der Waals surface area (Å²) in [6.07, 6.45) is 0. The fourth-order valence-electron chi connectivity index (χ4n) is 3.14. The molecular formula is C17H23ClN2O2. The van der Waals surface area contributed by atoms with Gasteiger partial charge < -0.3 is 14.6 Å². The Kier molecular flexibility index (Phi) is 4.83. The third-order valence-corrected chi connectivity index (χ3v) is 4.33. The molecule has 22 heavy (non-hydrogen) atoms. The maximum atomic E-state index is 12.8. The zero-order valence-electron chi connectivity index (χ0n) is 13.5. The number of rotatable bonds is 1. The lowest BCUT2D eigenvalue weighted by Gasteiger charge is -2.31. The molecule has 0 radical (unpaired) electrons. The van der Waals surface area contributed by atoms with Gasteiger partial charge in [0.15, 0.2) is 5.76 Å². The van der Waals surface area contributed by atoms with Gasteiger partial charge in [-0.15, -0.1) is 12.4 Å². The zero-order chi connectivity index (χ0) is 15.1. The maximum Gasteiger partial charge on any atom is 0.289 e. The van der Waals surface area contributed by atoms with E-state index in [-0.39, 0.29) is 18.3 Å². The summed E-state index contributed by atoms with van der Waals surface area (Å²) in [5.74, 6) is 0.507. The predicted octanol–water partition coefficient (Wildman–Crippen LogP) is 3.21. The Labute approximate surface area is 137 Å². The lowest BCUT2D eigenvalue weighted by Crippen LogP contribution is -2.51. The number of hydrogen-bond donors (Lipinski definition) is 1. The van der Waals surface area contributed by atoms with Crippen LogP contribution in [0.15, 0.2) is 16.5 Å². The average Bonchev–Trinajstić information content (AvgIpc) is 2.81. The molecule has 2 aromatic rings. The number of benzene rings is 1. The van der Waals surface area contributed by atoms with Crippen molar-refractivity contribution in [3.63, 3.8) is 0 Å². The summed E-state index contributed by atoms with van der Waals surface area (Å²) in [5.41, 5.74) is 4.04. The van der Waals surface area contributed by atoms with Crippen molar-refractivity contribution in [1.29, 1.82) is 0 Å². The summed E-state index contributed by atoms with van der Waals surface area (Å²) in [4.78, 5) is 14.6. The molecular weight excluding hydrogens is 300 g/mol. The number of hydrogen-bond acceptors (Lipinski definition) is 3. The number of carbonyl (C=O) groups is 1. The standard InChI is InChI=1S/C17H22N2O2.ClH/c1-10-5-6-11(2)15-14(10)13(4)16(21-15)17(20)19-8-7-18-12(3)9-19;/h5-6,12,18H,7-9H2,1-4H3;1H. The van der Waals surface area contributed by atoms with E-state index in [2.05, 4.69) is 25.2 Å². The molecule has 1 aliphatic heterocycles. The highest BCUT2D eigenvalue weighted by Crippen LogP contribution is 2.31. The van der Waals surface area contributed by atoms with Gasteiger partial charge in [0, 0.05) is 36.6 Å². The molecule has 0 saturated carbocycles. The van der Waals surface area contributed by atoms with Crippen molar-refractivity contribution in [3.8, 4) is 0 Å². The Balaban J connectivity index is 0.00000176. The minimum atomic E-state index is 0. The van der Waals surface area contributed by atoms with Crippen molar-refractivity contribution < 1.29 is 9.21 Å². The Hall–Kier alpha value is -1.52. The molecule has 0 aliphatic carbocycles. The maximum absolute atomic E-state index is 12.8. The number of nitrogens with one attached hydrogen (secondary N) is 1. The van der Waals surface area contributed by atoms with Crippen molar-refractivity contribution in [3.05, 3.63) is 34.6 Å². The SMILES string of the molecule is Cc1ccc(C)c2c(C)c(C(=O)N3CCNC(C)C3)oc12.Cl. The molecule has 0 spiro atoms. The minimum absolute atomic E-state index is 0. The van der Waals surface area contributed by atoms with Crippen LogP contribution >= 0.6 is 12.4 Å². The quantitative estimate of drug-likeness (QED) is 0.877. The van der Waals surface area contributed by atoms with E-state index in [1.165, 1.54) is 0 Å². The Bertz CT molecular complexity index is 708. The van der Waals surface area contributed by atoms with Crippen molar-refractivity contribution >= 4 is 29.3 Å². The van der Waals surface area contributed by atoms with Crippen LogP contribution in [0.25, 0.3) is 11.0 Å². The van der Waals surface area contributed by atoms with E-state index in [1.54, 1.807) is 0 Å². The predicted molar refractivity (Wildman–Crippen MR) is 91.0 cm³/mol. The highest BCUT2D eigenvalue weighted by molar-refractivity contribution is 6.00. The first-order valence-electron chi connectivity index (χ1n) is 7.51. The molecule has 1 aliphatic rings. The van der Waals surface area contributed by atoms with E-state index in [0.29, 0.717) is 11.8 Å². The molecule has 1 aromatic heterocycles. The molecule has 4 nitrogen and oxygen atoms in total. The normalized spacial score (nSPS) is 18.4. The number of amides is 1. The van der Waals surface area contributed by atoms with Gasteiger partial charge in [0.05, 0.1) is 0 Å². The number of aryl methyl sites for hydroxylation is 3. The molecule has 2 heterocycles. The Morgan fingerprint density at radius 2 is 1.95 bits per heavy atom. The van der Waals surface area contributed by atoms with Gasteiger partial charge in [-0.2, -0.15) is 0 Å². The number of fused-ring (bicyclic) bond motifs is 1. The van der Waals surface area contributed by atoms with Crippen LogP contribution in [-0.4, -0.2) is 36.5 Å². The Morgan fingerprint density at radius 3 is 2.59 bits per heavy atom. The minimum Gasteiger partial charge on any atom is -0.450 e. The van der Waals surface area contributed by atoms with E-state index in [9.17, 15) is 4.79 Å². The molecule has 1 unspecified atom stereocenters. The number of piperazine rings is 1. The van der Waals surface area contributed by atoms with E-state index in [1.807, 2.05) is 24.8 Å². The fourth-order valence-corrected chi connectivity index (χ4v) is 3.14. The number of nitrogens with zero attached hydrogens (tertiary/aromatic N) is 1. The van der Waals surface area contributed by atoms with Crippen LogP contribution < -0.4 is 5.32 Å². The van der Waals surface area contributed by atoms with Crippen molar-refractivity contribution in [1.82, 2.24) is 10.2 Å². The van der Waals surface area contributed by atoms with Gasteiger partial charge in [-0.1, -0.05) is 12.1 Å². The third-order valence-electron chi connectivity index (χ3n) is 4.33. The smallest absolute Gasteiger partial charge is 0.289 e. The lowest BCUT2D eigenvalue weighted by atomic mass is 10.0. The first-order valence-corrected chi connectivity index (χ1v) is 7.51. The summed E-state index contributed by atoms with van der Waals surface area (Å²) in [6.45, 7) is 10.5. The second kappa shape index (κ2) is 6.31. The van der Waals surface area contributed by atoms with E-state index in [4.69, 9.17) is 4.42 Å². The summed E-state index contributed by atoms with van der Waals surface area (Å²) >= 11 is 0. The number of carbonyl (C=O) groups excluding carboxylic acids is 1. The van der Waals surface area contributed by atoms with Gasteiger partial charge in [-0.05, 0) is 38.8 Å². The summed E-state index contributed by atoms with van der Waals surface area (Å²) in [6, 6.07) is 4.46. The number of furan rings is 1. The van der Waals surface area contributed by atoms with Gasteiger partial charge >= 0.3 is 0 Å². The lowest BCUT2D eigenvalue weighted by molar-refractivity contribution is 0.0678. The van der Waals surface area contributed by atoms with Crippen molar-refractivity contribution in [2.24, 2.45) is 0 Å².